The summed E-state index contributed by atoms with van der Waals surface area (Å²) in [4.78, 5) is 20.0. The van der Waals surface area contributed by atoms with E-state index in [2.05, 4.69) is 20.7 Å². The third kappa shape index (κ3) is 2.85. The van der Waals surface area contributed by atoms with Crippen molar-refractivity contribution in [3.05, 3.63) is 42.0 Å². The van der Waals surface area contributed by atoms with E-state index < -0.39 is 5.97 Å². The van der Waals surface area contributed by atoms with E-state index in [-0.39, 0.29) is 6.42 Å². The number of aromatic nitrogens is 2. The summed E-state index contributed by atoms with van der Waals surface area (Å²) in [7, 11) is 0. The van der Waals surface area contributed by atoms with Crippen LogP contribution in [0.15, 0.2) is 42.0 Å². The molecule has 0 atom stereocenters. The molecular formula is C15H13N3O2S. The van der Waals surface area contributed by atoms with Crippen LogP contribution >= 0.6 is 11.3 Å². The molecule has 1 aromatic carbocycles. The molecular weight excluding hydrogens is 286 g/mol. The summed E-state index contributed by atoms with van der Waals surface area (Å²) in [5, 5.41) is 14.8. The quantitative estimate of drug-likeness (QED) is 0.756. The molecule has 2 N–H and O–H groups in total. The summed E-state index contributed by atoms with van der Waals surface area (Å²) in [5.41, 5.74) is 2.16. The smallest absolute Gasteiger partial charge is 0.305 e. The Kier molecular flexibility index (Phi) is 3.79. The maximum Gasteiger partial charge on any atom is 0.305 e. The van der Waals surface area contributed by atoms with E-state index in [0.29, 0.717) is 12.4 Å². The molecule has 0 aliphatic rings. The molecule has 3 aromatic rings. The van der Waals surface area contributed by atoms with E-state index in [0.717, 1.165) is 21.3 Å². The first-order valence-corrected chi connectivity index (χ1v) is 7.37. The Bertz CT molecular complexity index is 771. The highest BCUT2D eigenvalue weighted by atomic mass is 32.1. The predicted molar refractivity (Wildman–Crippen MR) is 83.6 cm³/mol. The van der Waals surface area contributed by atoms with Crippen LogP contribution in [0.5, 0.6) is 0 Å². The number of nitrogens with zero attached hydrogens (tertiary/aromatic N) is 2. The molecule has 0 spiro atoms. The Morgan fingerprint density at radius 2 is 2.05 bits per heavy atom. The third-order valence-electron chi connectivity index (χ3n) is 3.09. The molecule has 0 amide bonds. The van der Waals surface area contributed by atoms with E-state index in [9.17, 15) is 4.79 Å². The van der Waals surface area contributed by atoms with Gasteiger partial charge in [0.05, 0.1) is 11.8 Å². The zero-order valence-electron chi connectivity index (χ0n) is 11.1. The van der Waals surface area contributed by atoms with Crippen molar-refractivity contribution in [2.24, 2.45) is 0 Å². The molecule has 5 nitrogen and oxygen atoms in total. The highest BCUT2D eigenvalue weighted by molar-refractivity contribution is 7.17. The number of carboxylic acids is 1. The van der Waals surface area contributed by atoms with Crippen LogP contribution in [0.1, 0.15) is 6.42 Å². The number of fused-ring (bicyclic) bond motifs is 1. The normalized spacial score (nSPS) is 10.7. The van der Waals surface area contributed by atoms with Crippen LogP contribution < -0.4 is 5.32 Å². The van der Waals surface area contributed by atoms with E-state index in [1.54, 1.807) is 11.3 Å². The van der Waals surface area contributed by atoms with Crippen molar-refractivity contribution in [3.63, 3.8) is 0 Å². The van der Waals surface area contributed by atoms with Crippen molar-refractivity contribution in [2.75, 3.05) is 11.9 Å². The van der Waals surface area contributed by atoms with Gasteiger partial charge in [0.2, 0.25) is 0 Å². The minimum absolute atomic E-state index is 0.0519. The second-order valence-electron chi connectivity index (χ2n) is 4.49. The fourth-order valence-electron chi connectivity index (χ4n) is 2.13. The van der Waals surface area contributed by atoms with Crippen LogP contribution in [0.4, 0.5) is 5.82 Å². The largest absolute Gasteiger partial charge is 0.481 e. The van der Waals surface area contributed by atoms with Crippen molar-refractivity contribution in [1.29, 1.82) is 0 Å². The fourth-order valence-corrected chi connectivity index (χ4v) is 3.04. The van der Waals surface area contributed by atoms with Gasteiger partial charge in [0, 0.05) is 17.5 Å². The minimum atomic E-state index is -0.832. The second-order valence-corrected chi connectivity index (χ2v) is 5.35. The van der Waals surface area contributed by atoms with Gasteiger partial charge in [-0.05, 0) is 5.56 Å². The lowest BCUT2D eigenvalue weighted by Crippen LogP contribution is -2.09. The van der Waals surface area contributed by atoms with E-state index in [1.807, 2.05) is 30.3 Å². The Labute approximate surface area is 125 Å². The monoisotopic (exact) mass is 299 g/mol. The van der Waals surface area contributed by atoms with Crippen LogP contribution in [-0.4, -0.2) is 27.6 Å². The standard InChI is InChI=1S/C15H13N3O2S/c19-12(20)6-7-16-14-13-11(10-4-2-1-3-5-10)8-21-15(13)18-9-17-14/h1-5,8-9H,6-7H2,(H,19,20)(H,16,17,18). The average molecular weight is 299 g/mol. The van der Waals surface area contributed by atoms with E-state index in [1.165, 1.54) is 6.33 Å². The molecule has 0 saturated carbocycles. The lowest BCUT2D eigenvalue weighted by atomic mass is 10.1. The SMILES string of the molecule is O=C(O)CCNc1ncnc2scc(-c3ccccc3)c12. The molecule has 6 heteroatoms. The molecule has 0 bridgehead atoms. The summed E-state index contributed by atoms with van der Waals surface area (Å²) < 4.78 is 0. The van der Waals surface area contributed by atoms with Gasteiger partial charge in [-0.15, -0.1) is 11.3 Å². The summed E-state index contributed by atoms with van der Waals surface area (Å²) in [6, 6.07) is 10.0. The van der Waals surface area contributed by atoms with Gasteiger partial charge in [-0.3, -0.25) is 4.79 Å². The Balaban J connectivity index is 2.01. The highest BCUT2D eigenvalue weighted by Gasteiger charge is 2.12. The minimum Gasteiger partial charge on any atom is -0.481 e. The molecule has 2 heterocycles. The summed E-state index contributed by atoms with van der Waals surface area (Å²) in [6.07, 6.45) is 1.55. The number of anilines is 1. The Morgan fingerprint density at radius 1 is 1.24 bits per heavy atom. The first kappa shape index (κ1) is 13.5. The van der Waals surface area contributed by atoms with Crippen molar-refractivity contribution >= 4 is 33.3 Å². The van der Waals surface area contributed by atoms with Crippen LogP contribution in [-0.2, 0) is 4.79 Å². The number of thiophene rings is 1. The maximum absolute atomic E-state index is 10.6. The first-order valence-electron chi connectivity index (χ1n) is 6.49. The maximum atomic E-state index is 10.6. The molecule has 0 radical (unpaired) electrons. The topological polar surface area (TPSA) is 75.1 Å². The molecule has 0 fully saturated rings. The van der Waals surface area contributed by atoms with Crippen LogP contribution in [0, 0.1) is 0 Å². The van der Waals surface area contributed by atoms with Gasteiger partial charge < -0.3 is 10.4 Å². The van der Waals surface area contributed by atoms with Gasteiger partial charge in [-0.1, -0.05) is 30.3 Å². The van der Waals surface area contributed by atoms with Crippen molar-refractivity contribution in [2.45, 2.75) is 6.42 Å². The molecule has 0 saturated heterocycles. The van der Waals surface area contributed by atoms with Gasteiger partial charge in [0.15, 0.2) is 0 Å². The number of carbonyl (C=O) groups is 1. The van der Waals surface area contributed by atoms with Gasteiger partial charge >= 0.3 is 5.97 Å². The number of hydrogen-bond acceptors (Lipinski definition) is 5. The lowest BCUT2D eigenvalue weighted by Gasteiger charge is -2.07. The molecule has 3 rings (SSSR count). The Hall–Kier alpha value is -2.47. The Morgan fingerprint density at radius 3 is 2.81 bits per heavy atom. The molecule has 21 heavy (non-hydrogen) atoms. The summed E-state index contributed by atoms with van der Waals surface area (Å²) >= 11 is 1.56. The van der Waals surface area contributed by atoms with Gasteiger partial charge in [0.1, 0.15) is 17.0 Å². The van der Waals surface area contributed by atoms with E-state index >= 15 is 0 Å². The van der Waals surface area contributed by atoms with Gasteiger partial charge in [-0.25, -0.2) is 9.97 Å². The zero-order chi connectivity index (χ0) is 14.7. The zero-order valence-corrected chi connectivity index (χ0v) is 11.9. The molecule has 106 valence electrons. The van der Waals surface area contributed by atoms with Crippen LogP contribution in [0.25, 0.3) is 21.3 Å². The van der Waals surface area contributed by atoms with Crippen molar-refractivity contribution in [1.82, 2.24) is 9.97 Å². The predicted octanol–water partition coefficient (Wildman–Crippen LogP) is 3.24. The summed E-state index contributed by atoms with van der Waals surface area (Å²) in [6.45, 7) is 0.339. The third-order valence-corrected chi connectivity index (χ3v) is 3.97. The van der Waals surface area contributed by atoms with Gasteiger partial charge in [0.25, 0.3) is 0 Å². The number of carboxylic acid groups (broad SMARTS) is 1. The molecule has 0 aliphatic carbocycles. The number of hydrogen-bond donors (Lipinski definition) is 2. The molecule has 2 aromatic heterocycles. The van der Waals surface area contributed by atoms with Crippen LogP contribution in [0.2, 0.25) is 0 Å². The number of benzene rings is 1. The average Bonchev–Trinajstić information content (AvgIpc) is 2.93. The number of rotatable bonds is 5. The molecule has 0 aliphatic heterocycles. The van der Waals surface area contributed by atoms with E-state index in [4.69, 9.17) is 5.11 Å². The van der Waals surface area contributed by atoms with Gasteiger partial charge in [-0.2, -0.15) is 0 Å². The van der Waals surface area contributed by atoms with Crippen molar-refractivity contribution < 1.29 is 9.90 Å². The number of aliphatic carboxylic acids is 1. The lowest BCUT2D eigenvalue weighted by molar-refractivity contribution is -0.136. The second kappa shape index (κ2) is 5.88. The van der Waals surface area contributed by atoms with Crippen molar-refractivity contribution in [3.8, 4) is 11.1 Å². The fraction of sp³-hybridized carbons (Fsp3) is 0.133. The van der Waals surface area contributed by atoms with Crippen LogP contribution in [0.3, 0.4) is 0 Å². The highest BCUT2D eigenvalue weighted by Crippen LogP contribution is 2.36. The molecule has 0 unspecified atom stereocenters. The number of nitrogens with one attached hydrogen (secondary N) is 1. The first-order chi connectivity index (χ1) is 10.3. The summed E-state index contributed by atoms with van der Waals surface area (Å²) in [5.74, 6) is -0.150.